The van der Waals surface area contributed by atoms with E-state index < -0.39 is 10.0 Å². The zero-order valence-corrected chi connectivity index (χ0v) is 18.2. The van der Waals surface area contributed by atoms with E-state index >= 15 is 0 Å². The maximum absolute atomic E-state index is 12.7. The average molecular weight is 423 g/mol. The Morgan fingerprint density at radius 3 is 2.41 bits per heavy atom. The van der Waals surface area contributed by atoms with Gasteiger partial charge in [-0.1, -0.05) is 30.3 Å². The van der Waals surface area contributed by atoms with Crippen molar-refractivity contribution >= 4 is 37.3 Å². The number of para-hydroxylation sites is 1. The number of rotatable bonds is 5. The summed E-state index contributed by atoms with van der Waals surface area (Å²) in [4.78, 5) is 4.68. The number of nitrogens with zero attached hydrogens (tertiary/aromatic N) is 1. The predicted molar refractivity (Wildman–Crippen MR) is 122 cm³/mol. The Balaban J connectivity index is 1.56. The lowest BCUT2D eigenvalue weighted by atomic mass is 10.1. The van der Waals surface area contributed by atoms with Crippen LogP contribution in [-0.2, 0) is 15.8 Å². The maximum Gasteiger partial charge on any atom is 0.236 e. The molecule has 4 aromatic rings. The quantitative estimate of drug-likeness (QED) is 0.440. The number of hydrogen-bond donors (Lipinski definition) is 1. The highest BCUT2D eigenvalue weighted by Gasteiger charge is 2.15. The summed E-state index contributed by atoms with van der Waals surface area (Å²) in [5.74, 6) is -0.0484. The van der Waals surface area contributed by atoms with Gasteiger partial charge in [-0.05, 0) is 73.4 Å². The van der Waals surface area contributed by atoms with Crippen molar-refractivity contribution in [3.8, 4) is 10.6 Å². The first-order chi connectivity index (χ1) is 13.8. The molecule has 0 aliphatic heterocycles. The first kappa shape index (κ1) is 19.6. The second-order valence-corrected chi connectivity index (χ2v) is 10.0. The second-order valence-electron chi connectivity index (χ2n) is 7.30. The molecule has 0 spiro atoms. The van der Waals surface area contributed by atoms with Crippen molar-refractivity contribution in [2.24, 2.45) is 0 Å². The number of benzene rings is 3. The van der Waals surface area contributed by atoms with Crippen LogP contribution in [0.25, 0.3) is 20.8 Å². The Kier molecular flexibility index (Phi) is 5.15. The molecule has 6 heteroatoms. The Morgan fingerprint density at radius 2 is 1.69 bits per heavy atom. The van der Waals surface area contributed by atoms with Crippen LogP contribution >= 0.6 is 11.3 Å². The minimum atomic E-state index is -3.50. The first-order valence-corrected chi connectivity index (χ1v) is 11.8. The second kappa shape index (κ2) is 7.61. The minimum absolute atomic E-state index is 0.0484. The maximum atomic E-state index is 12.7. The standard InChI is InChI=1S/C23H22N2O2S2/c1-15-8-9-18(12-16(15)2)14-29(26,27)25-20-11-10-19(13-17(20)3)23-24-21-6-4-5-7-22(21)28-23/h4-13,25H,14H2,1-3H3. The van der Waals surface area contributed by atoms with Crippen molar-refractivity contribution in [1.82, 2.24) is 4.98 Å². The van der Waals surface area contributed by atoms with Crippen LogP contribution in [0.4, 0.5) is 5.69 Å². The van der Waals surface area contributed by atoms with Crippen LogP contribution < -0.4 is 4.72 Å². The molecule has 0 aliphatic carbocycles. The van der Waals surface area contributed by atoms with E-state index in [2.05, 4.69) is 15.8 Å². The number of nitrogens with one attached hydrogen (secondary N) is 1. The third kappa shape index (κ3) is 4.33. The lowest BCUT2D eigenvalue weighted by molar-refractivity contribution is 0.600. The van der Waals surface area contributed by atoms with Crippen molar-refractivity contribution in [2.45, 2.75) is 26.5 Å². The van der Waals surface area contributed by atoms with E-state index in [4.69, 9.17) is 0 Å². The van der Waals surface area contributed by atoms with Gasteiger partial charge in [0.25, 0.3) is 0 Å². The number of fused-ring (bicyclic) bond motifs is 1. The first-order valence-electron chi connectivity index (χ1n) is 9.34. The molecule has 4 nitrogen and oxygen atoms in total. The molecule has 3 aromatic carbocycles. The monoisotopic (exact) mass is 422 g/mol. The Bertz CT molecular complexity index is 1270. The molecule has 0 saturated heterocycles. The SMILES string of the molecule is Cc1ccc(CS(=O)(=O)Nc2ccc(-c3nc4ccccc4s3)cc2C)cc1C. The molecule has 0 aliphatic rings. The predicted octanol–water partition coefficient (Wildman–Crippen LogP) is 5.83. The summed E-state index contributed by atoms with van der Waals surface area (Å²) in [5, 5.41) is 0.929. The molecular formula is C23H22N2O2S2. The summed E-state index contributed by atoms with van der Waals surface area (Å²) in [6.45, 7) is 5.91. The van der Waals surface area contributed by atoms with Gasteiger partial charge < -0.3 is 0 Å². The molecule has 1 heterocycles. The third-order valence-electron chi connectivity index (χ3n) is 4.96. The lowest BCUT2D eigenvalue weighted by Crippen LogP contribution is -2.16. The van der Waals surface area contributed by atoms with E-state index in [-0.39, 0.29) is 5.75 Å². The Morgan fingerprint density at radius 1 is 0.897 bits per heavy atom. The summed E-state index contributed by atoms with van der Waals surface area (Å²) in [7, 11) is -3.50. The van der Waals surface area contributed by atoms with Gasteiger partial charge >= 0.3 is 0 Å². The van der Waals surface area contributed by atoms with E-state index in [0.29, 0.717) is 5.69 Å². The fraction of sp³-hybridized carbons (Fsp3) is 0.174. The normalized spacial score (nSPS) is 11.7. The van der Waals surface area contributed by atoms with Crippen LogP contribution in [0.2, 0.25) is 0 Å². The number of aryl methyl sites for hydroxylation is 3. The minimum Gasteiger partial charge on any atom is -0.283 e. The van der Waals surface area contributed by atoms with Crippen molar-refractivity contribution in [2.75, 3.05) is 4.72 Å². The number of hydrogen-bond acceptors (Lipinski definition) is 4. The van der Waals surface area contributed by atoms with Crippen molar-refractivity contribution in [3.05, 3.63) is 82.9 Å². The highest BCUT2D eigenvalue weighted by molar-refractivity contribution is 7.91. The zero-order chi connectivity index (χ0) is 20.6. The molecule has 0 bridgehead atoms. The van der Waals surface area contributed by atoms with E-state index in [1.807, 2.05) is 75.4 Å². The van der Waals surface area contributed by atoms with Crippen molar-refractivity contribution in [3.63, 3.8) is 0 Å². The largest absolute Gasteiger partial charge is 0.283 e. The molecule has 4 rings (SSSR count). The summed E-state index contributed by atoms with van der Waals surface area (Å²) in [6.07, 6.45) is 0. The van der Waals surface area contributed by atoms with Gasteiger partial charge in [-0.3, -0.25) is 4.72 Å². The molecule has 1 N–H and O–H groups in total. The van der Waals surface area contributed by atoms with Crippen LogP contribution in [0.1, 0.15) is 22.3 Å². The van der Waals surface area contributed by atoms with Crippen LogP contribution in [0, 0.1) is 20.8 Å². The van der Waals surface area contributed by atoms with Gasteiger partial charge in [0, 0.05) is 5.56 Å². The van der Waals surface area contributed by atoms with E-state index in [1.54, 1.807) is 11.3 Å². The van der Waals surface area contributed by atoms with Crippen LogP contribution in [0.5, 0.6) is 0 Å². The van der Waals surface area contributed by atoms with Gasteiger partial charge in [0.15, 0.2) is 0 Å². The highest BCUT2D eigenvalue weighted by atomic mass is 32.2. The summed E-state index contributed by atoms with van der Waals surface area (Å²) in [6, 6.07) is 19.5. The molecule has 0 unspecified atom stereocenters. The molecule has 0 amide bonds. The van der Waals surface area contributed by atoms with Gasteiger partial charge in [0.05, 0.1) is 21.7 Å². The summed E-state index contributed by atoms with van der Waals surface area (Å²) < 4.78 is 29.2. The molecule has 29 heavy (non-hydrogen) atoms. The van der Waals surface area contributed by atoms with Crippen LogP contribution in [0.15, 0.2) is 60.7 Å². The smallest absolute Gasteiger partial charge is 0.236 e. The van der Waals surface area contributed by atoms with Crippen molar-refractivity contribution < 1.29 is 8.42 Å². The number of thiazole rings is 1. The van der Waals surface area contributed by atoms with Gasteiger partial charge in [-0.15, -0.1) is 11.3 Å². The fourth-order valence-electron chi connectivity index (χ4n) is 3.22. The molecule has 0 radical (unpaired) electrons. The molecule has 0 fully saturated rings. The van der Waals surface area contributed by atoms with E-state index in [9.17, 15) is 8.42 Å². The highest BCUT2D eigenvalue weighted by Crippen LogP contribution is 2.32. The van der Waals surface area contributed by atoms with Crippen LogP contribution in [-0.4, -0.2) is 13.4 Å². The molecule has 0 saturated carbocycles. The molecule has 148 valence electrons. The molecule has 0 atom stereocenters. The average Bonchev–Trinajstić information content (AvgIpc) is 3.10. The number of sulfonamides is 1. The zero-order valence-electron chi connectivity index (χ0n) is 16.6. The van der Waals surface area contributed by atoms with E-state index in [1.165, 1.54) is 0 Å². The lowest BCUT2D eigenvalue weighted by Gasteiger charge is -2.12. The molecule has 1 aromatic heterocycles. The van der Waals surface area contributed by atoms with Crippen LogP contribution in [0.3, 0.4) is 0 Å². The summed E-state index contributed by atoms with van der Waals surface area (Å²) >= 11 is 1.63. The van der Waals surface area contributed by atoms with Gasteiger partial charge in [0.2, 0.25) is 10.0 Å². The topological polar surface area (TPSA) is 59.1 Å². The molecular weight excluding hydrogens is 400 g/mol. The van der Waals surface area contributed by atoms with Gasteiger partial charge in [0.1, 0.15) is 5.01 Å². The number of aromatic nitrogens is 1. The van der Waals surface area contributed by atoms with E-state index in [0.717, 1.165) is 43.0 Å². The van der Waals surface area contributed by atoms with Gasteiger partial charge in [-0.2, -0.15) is 0 Å². The fourth-order valence-corrected chi connectivity index (χ4v) is 5.44. The summed E-state index contributed by atoms with van der Waals surface area (Å²) in [5.41, 5.74) is 6.45. The van der Waals surface area contributed by atoms with Gasteiger partial charge in [-0.25, -0.2) is 13.4 Å². The number of anilines is 1. The third-order valence-corrected chi connectivity index (χ3v) is 7.29. The Labute approximate surface area is 175 Å². The Hall–Kier alpha value is -2.70. The van der Waals surface area contributed by atoms with Crippen molar-refractivity contribution in [1.29, 1.82) is 0 Å².